The molecule has 1 heterocycles. The van der Waals surface area contributed by atoms with Gasteiger partial charge in [-0.05, 0) is 12.1 Å². The third kappa shape index (κ3) is 2.37. The number of halogens is 3. The van der Waals surface area contributed by atoms with Gasteiger partial charge in [0.25, 0.3) is 0 Å². The van der Waals surface area contributed by atoms with Crippen LogP contribution in [0.5, 0.6) is 0 Å². The van der Waals surface area contributed by atoms with E-state index in [1.807, 2.05) is 0 Å². The molecule has 2 rings (SSSR count). The number of aromatic nitrogens is 2. The second kappa shape index (κ2) is 5.45. The second-order valence-corrected chi connectivity index (χ2v) is 4.47. The highest BCUT2D eigenvalue weighted by atomic mass is 32.2. The summed E-state index contributed by atoms with van der Waals surface area (Å²) in [5.41, 5.74) is 5.29. The lowest BCUT2D eigenvalue weighted by Gasteiger charge is -2.08. The van der Waals surface area contributed by atoms with E-state index in [0.29, 0.717) is 17.5 Å². The summed E-state index contributed by atoms with van der Waals surface area (Å²) in [6.07, 6.45) is 2.94. The SMILES string of the molecule is NCCSc1nccn1-c1ccc(F)c(F)c1F. The van der Waals surface area contributed by atoms with Crippen LogP contribution < -0.4 is 5.73 Å². The predicted octanol–water partition coefficient (Wildman–Crippen LogP) is 2.34. The zero-order valence-electron chi connectivity index (χ0n) is 9.24. The van der Waals surface area contributed by atoms with Gasteiger partial charge in [0, 0.05) is 24.7 Å². The summed E-state index contributed by atoms with van der Waals surface area (Å²) in [5, 5.41) is 0.477. The number of nitrogens with zero attached hydrogens (tertiary/aromatic N) is 2. The van der Waals surface area contributed by atoms with Gasteiger partial charge in [-0.2, -0.15) is 0 Å². The fraction of sp³-hybridized carbons (Fsp3) is 0.182. The topological polar surface area (TPSA) is 43.8 Å². The molecule has 2 N–H and O–H groups in total. The highest BCUT2D eigenvalue weighted by molar-refractivity contribution is 7.99. The Morgan fingerprint density at radius 3 is 2.72 bits per heavy atom. The fourth-order valence-electron chi connectivity index (χ4n) is 1.43. The maximum atomic E-state index is 13.6. The lowest BCUT2D eigenvalue weighted by atomic mass is 10.3. The standard InChI is InChI=1S/C11H10F3N3S/c12-7-1-2-8(10(14)9(7)13)17-5-4-16-11(17)18-6-3-15/h1-2,4-5H,3,6,15H2. The third-order valence-electron chi connectivity index (χ3n) is 2.23. The largest absolute Gasteiger partial charge is 0.330 e. The van der Waals surface area contributed by atoms with Crippen LogP contribution in [0.15, 0.2) is 29.7 Å². The van der Waals surface area contributed by atoms with E-state index in [2.05, 4.69) is 4.98 Å². The Hall–Kier alpha value is -1.47. The Kier molecular flexibility index (Phi) is 3.93. The van der Waals surface area contributed by atoms with E-state index >= 15 is 0 Å². The molecule has 18 heavy (non-hydrogen) atoms. The van der Waals surface area contributed by atoms with Crippen molar-refractivity contribution >= 4 is 11.8 Å². The van der Waals surface area contributed by atoms with Gasteiger partial charge in [0.1, 0.15) is 0 Å². The molecule has 0 saturated heterocycles. The van der Waals surface area contributed by atoms with Gasteiger partial charge in [0.2, 0.25) is 0 Å². The van der Waals surface area contributed by atoms with Crippen LogP contribution in [0.4, 0.5) is 13.2 Å². The number of thioether (sulfide) groups is 1. The van der Waals surface area contributed by atoms with E-state index in [-0.39, 0.29) is 5.69 Å². The molecular weight excluding hydrogens is 263 g/mol. The average Bonchev–Trinajstić information content (AvgIpc) is 2.82. The maximum absolute atomic E-state index is 13.6. The summed E-state index contributed by atoms with van der Waals surface area (Å²) < 4.78 is 41.0. The van der Waals surface area contributed by atoms with Crippen molar-refractivity contribution in [3.63, 3.8) is 0 Å². The molecule has 0 fully saturated rings. The highest BCUT2D eigenvalue weighted by Crippen LogP contribution is 2.24. The maximum Gasteiger partial charge on any atom is 0.196 e. The molecule has 2 aromatic rings. The molecule has 0 bridgehead atoms. The van der Waals surface area contributed by atoms with Crippen LogP contribution in [-0.4, -0.2) is 21.8 Å². The summed E-state index contributed by atoms with van der Waals surface area (Å²) >= 11 is 1.31. The Balaban J connectivity index is 2.43. The summed E-state index contributed by atoms with van der Waals surface area (Å²) in [7, 11) is 0. The van der Waals surface area contributed by atoms with Crippen LogP contribution >= 0.6 is 11.8 Å². The van der Waals surface area contributed by atoms with Crippen molar-refractivity contribution in [2.75, 3.05) is 12.3 Å². The minimum absolute atomic E-state index is 0.0779. The molecule has 0 unspecified atom stereocenters. The number of imidazole rings is 1. The van der Waals surface area contributed by atoms with Crippen LogP contribution in [-0.2, 0) is 0 Å². The normalized spacial score (nSPS) is 10.9. The predicted molar refractivity (Wildman–Crippen MR) is 63.2 cm³/mol. The molecule has 0 aliphatic carbocycles. The zero-order valence-corrected chi connectivity index (χ0v) is 10.1. The van der Waals surface area contributed by atoms with Crippen molar-refractivity contribution in [1.29, 1.82) is 0 Å². The molecule has 1 aromatic carbocycles. The minimum atomic E-state index is -1.49. The Morgan fingerprint density at radius 1 is 1.22 bits per heavy atom. The van der Waals surface area contributed by atoms with Crippen molar-refractivity contribution in [2.24, 2.45) is 5.73 Å². The molecule has 0 saturated carbocycles. The van der Waals surface area contributed by atoms with Gasteiger partial charge in [0.05, 0.1) is 5.69 Å². The zero-order chi connectivity index (χ0) is 13.1. The second-order valence-electron chi connectivity index (χ2n) is 3.41. The summed E-state index contributed by atoms with van der Waals surface area (Å²) in [5.74, 6) is -3.34. The molecular formula is C11H10F3N3S. The first-order valence-electron chi connectivity index (χ1n) is 5.15. The van der Waals surface area contributed by atoms with Gasteiger partial charge >= 0.3 is 0 Å². The van der Waals surface area contributed by atoms with Crippen LogP contribution in [0.2, 0.25) is 0 Å². The van der Waals surface area contributed by atoms with Gasteiger partial charge < -0.3 is 5.73 Å². The van der Waals surface area contributed by atoms with Crippen LogP contribution in [0.25, 0.3) is 5.69 Å². The molecule has 96 valence electrons. The van der Waals surface area contributed by atoms with Gasteiger partial charge in [0.15, 0.2) is 22.6 Å². The lowest BCUT2D eigenvalue weighted by Crippen LogP contribution is -2.05. The van der Waals surface area contributed by atoms with Crippen LogP contribution in [0.1, 0.15) is 0 Å². The van der Waals surface area contributed by atoms with Gasteiger partial charge in [-0.1, -0.05) is 11.8 Å². The van der Waals surface area contributed by atoms with Crippen molar-refractivity contribution < 1.29 is 13.2 Å². The molecule has 0 atom stereocenters. The van der Waals surface area contributed by atoms with E-state index in [0.717, 1.165) is 6.07 Å². The molecule has 0 radical (unpaired) electrons. The van der Waals surface area contributed by atoms with E-state index in [1.165, 1.54) is 34.8 Å². The van der Waals surface area contributed by atoms with Crippen LogP contribution in [0.3, 0.4) is 0 Å². The molecule has 0 aliphatic rings. The van der Waals surface area contributed by atoms with Crippen molar-refractivity contribution in [2.45, 2.75) is 5.16 Å². The summed E-state index contributed by atoms with van der Waals surface area (Å²) in [6.45, 7) is 0.442. The third-order valence-corrected chi connectivity index (χ3v) is 3.23. The molecule has 3 nitrogen and oxygen atoms in total. The number of hydrogen-bond donors (Lipinski definition) is 1. The lowest BCUT2D eigenvalue weighted by molar-refractivity contribution is 0.443. The molecule has 0 aliphatic heterocycles. The van der Waals surface area contributed by atoms with Crippen molar-refractivity contribution in [3.8, 4) is 5.69 Å². The average molecular weight is 273 g/mol. The van der Waals surface area contributed by atoms with Crippen molar-refractivity contribution in [1.82, 2.24) is 9.55 Å². The molecule has 0 spiro atoms. The quantitative estimate of drug-likeness (QED) is 0.687. The van der Waals surface area contributed by atoms with Gasteiger partial charge in [-0.25, -0.2) is 18.2 Å². The number of benzene rings is 1. The number of rotatable bonds is 4. The van der Waals surface area contributed by atoms with Gasteiger partial charge in [-0.3, -0.25) is 4.57 Å². The number of hydrogen-bond acceptors (Lipinski definition) is 3. The fourth-order valence-corrected chi connectivity index (χ4v) is 2.17. The monoisotopic (exact) mass is 273 g/mol. The Labute approximate surface area is 106 Å². The first-order valence-corrected chi connectivity index (χ1v) is 6.13. The molecule has 0 amide bonds. The Morgan fingerprint density at radius 2 is 2.00 bits per heavy atom. The molecule has 7 heteroatoms. The summed E-state index contributed by atoms with van der Waals surface area (Å²) in [6, 6.07) is 2.05. The summed E-state index contributed by atoms with van der Waals surface area (Å²) in [4.78, 5) is 4.01. The molecule has 1 aromatic heterocycles. The van der Waals surface area contributed by atoms with Gasteiger partial charge in [-0.15, -0.1) is 0 Å². The van der Waals surface area contributed by atoms with E-state index in [4.69, 9.17) is 5.73 Å². The highest BCUT2D eigenvalue weighted by Gasteiger charge is 2.16. The smallest absolute Gasteiger partial charge is 0.196 e. The Bertz CT molecular complexity index is 556. The van der Waals surface area contributed by atoms with E-state index < -0.39 is 17.5 Å². The van der Waals surface area contributed by atoms with E-state index in [9.17, 15) is 13.2 Å². The van der Waals surface area contributed by atoms with Crippen LogP contribution in [0, 0.1) is 17.5 Å². The van der Waals surface area contributed by atoms with E-state index in [1.54, 1.807) is 0 Å². The number of nitrogens with two attached hydrogens (primary N) is 1. The minimum Gasteiger partial charge on any atom is -0.330 e. The van der Waals surface area contributed by atoms with Crippen molar-refractivity contribution in [3.05, 3.63) is 42.0 Å². The first-order chi connectivity index (χ1) is 8.65. The first kappa shape index (κ1) is 13.0.